The third-order valence-electron chi connectivity index (χ3n) is 4.95. The number of piperazine rings is 1. The summed E-state index contributed by atoms with van der Waals surface area (Å²) in [7, 11) is 1.59. The maximum absolute atomic E-state index is 12.5. The lowest BCUT2D eigenvalue weighted by Gasteiger charge is -2.35. The van der Waals surface area contributed by atoms with E-state index in [-0.39, 0.29) is 30.2 Å². The van der Waals surface area contributed by atoms with Gasteiger partial charge in [0.15, 0.2) is 0 Å². The highest BCUT2D eigenvalue weighted by atomic mass is 16.6. The SMILES string of the molecule is COc1ccc(OCCC(=O)N2CCN(c3ccc(C=O)cc3[N+](=O)[O-])CC2)cc1. The Morgan fingerprint density at radius 3 is 2.37 bits per heavy atom. The number of nitrogens with zero attached hydrogens (tertiary/aromatic N) is 3. The number of methoxy groups -OCH3 is 1. The molecule has 0 saturated carbocycles. The molecule has 1 saturated heterocycles. The summed E-state index contributed by atoms with van der Waals surface area (Å²) in [5.74, 6) is 1.38. The number of ether oxygens (including phenoxy) is 2. The van der Waals surface area contributed by atoms with E-state index in [1.165, 1.54) is 6.07 Å². The van der Waals surface area contributed by atoms with Gasteiger partial charge in [0.1, 0.15) is 23.5 Å². The average Bonchev–Trinajstić information content (AvgIpc) is 2.79. The number of nitro groups is 1. The summed E-state index contributed by atoms with van der Waals surface area (Å²) in [4.78, 5) is 37.8. The summed E-state index contributed by atoms with van der Waals surface area (Å²) in [6, 6.07) is 11.6. The molecule has 158 valence electrons. The largest absolute Gasteiger partial charge is 0.497 e. The molecule has 1 heterocycles. The average molecular weight is 413 g/mol. The maximum atomic E-state index is 12.5. The van der Waals surface area contributed by atoms with Gasteiger partial charge in [0.25, 0.3) is 5.69 Å². The smallest absolute Gasteiger partial charge is 0.293 e. The van der Waals surface area contributed by atoms with Crippen LogP contribution in [0.4, 0.5) is 11.4 Å². The van der Waals surface area contributed by atoms with Crippen LogP contribution in [0.1, 0.15) is 16.8 Å². The lowest BCUT2D eigenvalue weighted by Crippen LogP contribution is -2.49. The Labute approximate surface area is 173 Å². The van der Waals surface area contributed by atoms with Crippen molar-refractivity contribution in [3.63, 3.8) is 0 Å². The zero-order valence-electron chi connectivity index (χ0n) is 16.7. The quantitative estimate of drug-likeness (QED) is 0.372. The van der Waals surface area contributed by atoms with Crippen LogP contribution in [0.25, 0.3) is 0 Å². The fourth-order valence-electron chi connectivity index (χ4n) is 3.31. The van der Waals surface area contributed by atoms with Crippen molar-refractivity contribution in [2.75, 3.05) is 44.8 Å². The second-order valence-electron chi connectivity index (χ2n) is 6.76. The third-order valence-corrected chi connectivity index (χ3v) is 4.95. The zero-order valence-corrected chi connectivity index (χ0v) is 16.7. The molecule has 0 aromatic heterocycles. The van der Waals surface area contributed by atoms with E-state index in [0.717, 1.165) is 5.75 Å². The van der Waals surface area contributed by atoms with Gasteiger partial charge in [0.05, 0.1) is 25.1 Å². The molecule has 0 aliphatic carbocycles. The molecule has 0 spiro atoms. The minimum absolute atomic E-state index is 0.0195. The first-order valence-electron chi connectivity index (χ1n) is 9.55. The molecule has 1 aliphatic heterocycles. The van der Waals surface area contributed by atoms with E-state index in [2.05, 4.69) is 0 Å². The van der Waals surface area contributed by atoms with Crippen LogP contribution >= 0.6 is 0 Å². The van der Waals surface area contributed by atoms with E-state index in [0.29, 0.717) is 43.9 Å². The Bertz CT molecular complexity index is 907. The fraction of sp³-hybridized carbons (Fsp3) is 0.333. The first-order chi connectivity index (χ1) is 14.5. The number of anilines is 1. The molecule has 0 N–H and O–H groups in total. The van der Waals surface area contributed by atoms with E-state index in [9.17, 15) is 19.7 Å². The Morgan fingerprint density at radius 2 is 1.77 bits per heavy atom. The number of amides is 1. The van der Waals surface area contributed by atoms with Crippen molar-refractivity contribution >= 4 is 23.6 Å². The lowest BCUT2D eigenvalue weighted by molar-refractivity contribution is -0.384. The van der Waals surface area contributed by atoms with Crippen LogP contribution in [-0.4, -0.2) is 61.9 Å². The van der Waals surface area contributed by atoms with Gasteiger partial charge >= 0.3 is 0 Å². The highest BCUT2D eigenvalue weighted by molar-refractivity contribution is 5.80. The van der Waals surface area contributed by atoms with Crippen molar-refractivity contribution in [3.8, 4) is 11.5 Å². The number of benzene rings is 2. The van der Waals surface area contributed by atoms with Gasteiger partial charge in [0.2, 0.25) is 5.91 Å². The molecule has 0 unspecified atom stereocenters. The third kappa shape index (κ3) is 5.05. The van der Waals surface area contributed by atoms with Crippen molar-refractivity contribution in [2.45, 2.75) is 6.42 Å². The Kier molecular flexibility index (Phi) is 6.84. The fourth-order valence-corrected chi connectivity index (χ4v) is 3.31. The molecular formula is C21H23N3O6. The van der Waals surface area contributed by atoms with E-state index < -0.39 is 4.92 Å². The predicted octanol–water partition coefficient (Wildman–Crippen LogP) is 2.53. The summed E-state index contributed by atoms with van der Waals surface area (Å²) in [6.07, 6.45) is 0.835. The minimum atomic E-state index is -0.490. The number of hydrogen-bond acceptors (Lipinski definition) is 7. The van der Waals surface area contributed by atoms with Gasteiger partial charge in [-0.25, -0.2) is 0 Å². The van der Waals surface area contributed by atoms with Crippen molar-refractivity contribution in [2.24, 2.45) is 0 Å². The molecule has 0 atom stereocenters. The number of carbonyl (C=O) groups is 2. The van der Waals surface area contributed by atoms with Crippen molar-refractivity contribution < 1.29 is 24.0 Å². The van der Waals surface area contributed by atoms with Gasteiger partial charge in [0, 0.05) is 37.8 Å². The molecule has 2 aromatic rings. The van der Waals surface area contributed by atoms with Crippen molar-refractivity contribution in [1.82, 2.24) is 4.90 Å². The molecule has 9 heteroatoms. The molecule has 9 nitrogen and oxygen atoms in total. The second kappa shape index (κ2) is 9.73. The summed E-state index contributed by atoms with van der Waals surface area (Å²) >= 11 is 0. The molecule has 2 aromatic carbocycles. The Morgan fingerprint density at radius 1 is 1.10 bits per heavy atom. The van der Waals surface area contributed by atoms with Crippen molar-refractivity contribution in [3.05, 3.63) is 58.1 Å². The van der Waals surface area contributed by atoms with Crippen LogP contribution < -0.4 is 14.4 Å². The van der Waals surface area contributed by atoms with Crippen LogP contribution in [0, 0.1) is 10.1 Å². The number of carbonyl (C=O) groups excluding carboxylic acids is 2. The first kappa shape index (κ1) is 21.1. The van der Waals surface area contributed by atoms with Gasteiger partial charge in [-0.15, -0.1) is 0 Å². The molecule has 1 fully saturated rings. The highest BCUT2D eigenvalue weighted by Gasteiger charge is 2.26. The summed E-state index contributed by atoms with van der Waals surface area (Å²) in [5.41, 5.74) is 0.615. The van der Waals surface area contributed by atoms with Crippen LogP contribution in [-0.2, 0) is 4.79 Å². The molecule has 3 rings (SSSR count). The van der Waals surface area contributed by atoms with E-state index >= 15 is 0 Å². The lowest BCUT2D eigenvalue weighted by atomic mass is 10.1. The monoisotopic (exact) mass is 413 g/mol. The molecule has 30 heavy (non-hydrogen) atoms. The van der Waals surface area contributed by atoms with E-state index in [4.69, 9.17) is 9.47 Å². The van der Waals surface area contributed by atoms with Crippen LogP contribution in [0.15, 0.2) is 42.5 Å². The van der Waals surface area contributed by atoms with Gasteiger partial charge in [-0.3, -0.25) is 19.7 Å². The number of nitro benzene ring substituents is 1. The molecule has 0 bridgehead atoms. The van der Waals surface area contributed by atoms with E-state index in [1.54, 1.807) is 48.4 Å². The van der Waals surface area contributed by atoms with Crippen LogP contribution in [0.2, 0.25) is 0 Å². The highest BCUT2D eigenvalue weighted by Crippen LogP contribution is 2.29. The summed E-state index contributed by atoms with van der Waals surface area (Å²) in [5, 5.41) is 11.4. The van der Waals surface area contributed by atoms with Gasteiger partial charge in [-0.05, 0) is 36.4 Å². The normalized spacial score (nSPS) is 13.6. The number of hydrogen-bond donors (Lipinski definition) is 0. The summed E-state index contributed by atoms with van der Waals surface area (Å²) in [6.45, 7) is 2.16. The van der Waals surface area contributed by atoms with Gasteiger partial charge in [-0.1, -0.05) is 0 Å². The van der Waals surface area contributed by atoms with Crippen LogP contribution in [0.3, 0.4) is 0 Å². The first-order valence-corrected chi connectivity index (χ1v) is 9.55. The zero-order chi connectivity index (χ0) is 21.5. The Hall–Kier alpha value is -3.62. The molecule has 1 aliphatic rings. The van der Waals surface area contributed by atoms with E-state index in [1.807, 2.05) is 4.90 Å². The topological polar surface area (TPSA) is 102 Å². The van der Waals surface area contributed by atoms with Crippen LogP contribution in [0.5, 0.6) is 11.5 Å². The van der Waals surface area contributed by atoms with Gasteiger partial charge in [-0.2, -0.15) is 0 Å². The van der Waals surface area contributed by atoms with Gasteiger partial charge < -0.3 is 19.3 Å². The van der Waals surface area contributed by atoms with Crippen molar-refractivity contribution in [1.29, 1.82) is 0 Å². The predicted molar refractivity (Wildman–Crippen MR) is 110 cm³/mol. The minimum Gasteiger partial charge on any atom is -0.497 e. The molecule has 1 amide bonds. The number of rotatable bonds is 8. The standard InChI is InChI=1S/C21H23N3O6/c1-29-17-3-5-18(6-4-17)30-13-8-21(26)23-11-9-22(10-12-23)19-7-2-16(15-25)14-20(19)24(27)28/h2-7,14-15H,8-13H2,1H3. The second-order valence-corrected chi connectivity index (χ2v) is 6.76. The molecular weight excluding hydrogens is 390 g/mol. The number of aldehydes is 1. The Balaban J connectivity index is 1.50. The summed E-state index contributed by atoms with van der Waals surface area (Å²) < 4.78 is 10.7. The maximum Gasteiger partial charge on any atom is 0.293 e. The molecule has 0 radical (unpaired) electrons.